The minimum atomic E-state index is -1.13. The molecule has 0 bridgehead atoms. The summed E-state index contributed by atoms with van der Waals surface area (Å²) < 4.78 is 0. The first-order valence-corrected chi connectivity index (χ1v) is 7.26. The molecule has 0 aromatic heterocycles. The molecular weight excluding hydrogens is 328 g/mol. The van der Waals surface area contributed by atoms with E-state index in [0.29, 0.717) is 0 Å². The Kier molecular flexibility index (Phi) is 9.39. The second kappa shape index (κ2) is 10.4. The molecule has 0 spiro atoms. The summed E-state index contributed by atoms with van der Waals surface area (Å²) in [7, 11) is 0. The van der Waals surface area contributed by atoms with E-state index in [0.717, 1.165) is 0 Å². The molecule has 0 aliphatic rings. The third kappa shape index (κ3) is 9.34. The first-order chi connectivity index (χ1) is 10.7. The molecule has 0 aromatic rings. The monoisotopic (exact) mass is 348 g/mol. The molecule has 2 atom stereocenters. The Labute approximate surface area is 138 Å². The van der Waals surface area contributed by atoms with E-state index in [1.54, 1.807) is 0 Å². The number of rotatable bonds is 10. The van der Waals surface area contributed by atoms with Crippen molar-refractivity contribution in [3.05, 3.63) is 0 Å². The van der Waals surface area contributed by atoms with E-state index in [1.807, 2.05) is 0 Å². The van der Waals surface area contributed by atoms with Gasteiger partial charge in [0.15, 0.2) is 0 Å². The third-order valence-corrected chi connectivity index (χ3v) is 2.96. The minimum Gasteiger partial charge on any atom is -0.481 e. The van der Waals surface area contributed by atoms with E-state index in [-0.39, 0.29) is 18.6 Å². The predicted octanol–water partition coefficient (Wildman–Crippen LogP) is -2.63. The number of carbonyl (C=O) groups excluding carboxylic acids is 4. The fourth-order valence-electron chi connectivity index (χ4n) is 1.55. The van der Waals surface area contributed by atoms with Crippen LogP contribution in [0, 0.1) is 0 Å². The van der Waals surface area contributed by atoms with Crippen LogP contribution in [0.3, 0.4) is 0 Å². The van der Waals surface area contributed by atoms with Gasteiger partial charge in [0.25, 0.3) is 0 Å². The molecule has 0 saturated heterocycles. The SMILES string of the molecule is CC(=O)N[C@@H](CCC(=O)O)C(=O)N[C@@H](CS)C(=O)NCC(N)=O. The summed E-state index contributed by atoms with van der Waals surface area (Å²) in [6, 6.07) is -2.17. The smallest absolute Gasteiger partial charge is 0.303 e. The molecule has 10 nitrogen and oxygen atoms in total. The van der Waals surface area contributed by atoms with Crippen molar-refractivity contribution in [1.82, 2.24) is 16.0 Å². The number of nitrogens with two attached hydrogens (primary N) is 1. The topological polar surface area (TPSA) is 168 Å². The largest absolute Gasteiger partial charge is 0.481 e. The Morgan fingerprint density at radius 3 is 2.13 bits per heavy atom. The van der Waals surface area contributed by atoms with Crippen LogP contribution < -0.4 is 21.7 Å². The van der Waals surface area contributed by atoms with E-state index >= 15 is 0 Å². The molecule has 0 saturated carbocycles. The second-order valence-electron chi connectivity index (χ2n) is 4.61. The van der Waals surface area contributed by atoms with Crippen molar-refractivity contribution in [3.8, 4) is 0 Å². The van der Waals surface area contributed by atoms with Crippen LogP contribution in [-0.2, 0) is 24.0 Å². The minimum absolute atomic E-state index is 0.0674. The van der Waals surface area contributed by atoms with Crippen molar-refractivity contribution < 1.29 is 29.1 Å². The lowest BCUT2D eigenvalue weighted by molar-refractivity contribution is -0.138. The van der Waals surface area contributed by atoms with Gasteiger partial charge in [-0.1, -0.05) is 0 Å². The van der Waals surface area contributed by atoms with Crippen molar-refractivity contribution in [2.45, 2.75) is 31.8 Å². The van der Waals surface area contributed by atoms with Crippen molar-refractivity contribution in [1.29, 1.82) is 0 Å². The molecule has 0 aliphatic heterocycles. The van der Waals surface area contributed by atoms with Gasteiger partial charge in [-0.2, -0.15) is 12.6 Å². The molecule has 0 fully saturated rings. The molecule has 130 valence electrons. The lowest BCUT2D eigenvalue weighted by atomic mass is 10.1. The van der Waals surface area contributed by atoms with Crippen LogP contribution in [-0.4, -0.2) is 59.1 Å². The summed E-state index contributed by atoms with van der Waals surface area (Å²) in [5, 5.41) is 15.5. The molecule has 4 amide bonds. The molecule has 0 unspecified atom stereocenters. The van der Waals surface area contributed by atoms with Gasteiger partial charge >= 0.3 is 5.97 Å². The van der Waals surface area contributed by atoms with Crippen LogP contribution in [0.2, 0.25) is 0 Å². The van der Waals surface area contributed by atoms with Gasteiger partial charge in [-0.15, -0.1) is 0 Å². The fraction of sp³-hybridized carbons (Fsp3) is 0.583. The van der Waals surface area contributed by atoms with E-state index in [9.17, 15) is 24.0 Å². The van der Waals surface area contributed by atoms with Gasteiger partial charge in [0.2, 0.25) is 23.6 Å². The zero-order valence-electron chi connectivity index (χ0n) is 12.5. The number of amides is 4. The average molecular weight is 348 g/mol. The highest BCUT2D eigenvalue weighted by atomic mass is 32.1. The molecule has 23 heavy (non-hydrogen) atoms. The highest BCUT2D eigenvalue weighted by molar-refractivity contribution is 7.80. The zero-order valence-corrected chi connectivity index (χ0v) is 13.4. The summed E-state index contributed by atoms with van der Waals surface area (Å²) in [4.78, 5) is 56.1. The van der Waals surface area contributed by atoms with Gasteiger partial charge in [-0.3, -0.25) is 24.0 Å². The van der Waals surface area contributed by atoms with Gasteiger partial charge in [-0.05, 0) is 6.42 Å². The van der Waals surface area contributed by atoms with E-state index in [4.69, 9.17) is 10.8 Å². The Morgan fingerprint density at radius 1 is 1.09 bits per heavy atom. The second-order valence-corrected chi connectivity index (χ2v) is 4.98. The van der Waals surface area contributed by atoms with Crippen LogP contribution in [0.4, 0.5) is 0 Å². The quantitative estimate of drug-likeness (QED) is 0.236. The van der Waals surface area contributed by atoms with Crippen molar-refractivity contribution in [3.63, 3.8) is 0 Å². The maximum atomic E-state index is 12.1. The molecule has 0 aliphatic carbocycles. The van der Waals surface area contributed by atoms with Crippen molar-refractivity contribution >= 4 is 42.2 Å². The summed E-state index contributed by atoms with van der Waals surface area (Å²) in [6.45, 7) is 0.782. The van der Waals surface area contributed by atoms with Crippen LogP contribution in [0.25, 0.3) is 0 Å². The lowest BCUT2D eigenvalue weighted by Crippen LogP contribution is -2.55. The zero-order chi connectivity index (χ0) is 18.0. The number of aliphatic carboxylic acids is 1. The van der Waals surface area contributed by atoms with Gasteiger partial charge in [0, 0.05) is 19.1 Å². The molecule has 0 aromatic carbocycles. The van der Waals surface area contributed by atoms with Crippen molar-refractivity contribution in [2.24, 2.45) is 5.73 Å². The van der Waals surface area contributed by atoms with Gasteiger partial charge in [0.1, 0.15) is 12.1 Å². The Hall–Kier alpha value is -2.30. The summed E-state index contributed by atoms with van der Waals surface area (Å²) in [6.07, 6.45) is -0.472. The Balaban J connectivity index is 4.76. The Morgan fingerprint density at radius 2 is 1.70 bits per heavy atom. The highest BCUT2D eigenvalue weighted by Gasteiger charge is 2.25. The number of thiol groups is 1. The first kappa shape index (κ1) is 20.7. The normalized spacial score (nSPS) is 12.6. The maximum absolute atomic E-state index is 12.1. The number of primary amides is 1. The first-order valence-electron chi connectivity index (χ1n) is 6.63. The molecule has 11 heteroatoms. The number of carboxylic acid groups (broad SMARTS) is 1. The van der Waals surface area contributed by atoms with Crippen molar-refractivity contribution in [2.75, 3.05) is 12.3 Å². The number of carboxylic acids is 1. The molecular formula is C12H20N4O6S. The summed E-state index contributed by atoms with van der Waals surface area (Å²) >= 11 is 3.92. The fourth-order valence-corrected chi connectivity index (χ4v) is 1.80. The maximum Gasteiger partial charge on any atom is 0.303 e. The summed E-state index contributed by atoms with van der Waals surface area (Å²) in [5.41, 5.74) is 4.89. The van der Waals surface area contributed by atoms with Crippen LogP contribution >= 0.6 is 12.6 Å². The molecule has 0 heterocycles. The van der Waals surface area contributed by atoms with E-state index in [2.05, 4.69) is 28.6 Å². The molecule has 0 radical (unpaired) electrons. The van der Waals surface area contributed by atoms with Crippen LogP contribution in [0.1, 0.15) is 19.8 Å². The van der Waals surface area contributed by atoms with Gasteiger partial charge < -0.3 is 26.8 Å². The van der Waals surface area contributed by atoms with Gasteiger partial charge in [-0.25, -0.2) is 0 Å². The third-order valence-electron chi connectivity index (χ3n) is 2.59. The molecule has 0 rings (SSSR count). The predicted molar refractivity (Wildman–Crippen MR) is 82.5 cm³/mol. The lowest BCUT2D eigenvalue weighted by Gasteiger charge is -2.21. The molecule has 6 N–H and O–H groups in total. The van der Waals surface area contributed by atoms with E-state index in [1.165, 1.54) is 6.92 Å². The number of nitrogens with one attached hydrogen (secondary N) is 3. The van der Waals surface area contributed by atoms with Crippen LogP contribution in [0.15, 0.2) is 0 Å². The number of carbonyl (C=O) groups is 5. The summed E-state index contributed by atoms with van der Waals surface area (Å²) in [5.74, 6) is -3.86. The number of hydrogen-bond acceptors (Lipinski definition) is 6. The van der Waals surface area contributed by atoms with Gasteiger partial charge in [0.05, 0.1) is 6.54 Å². The Bertz CT molecular complexity index is 484. The highest BCUT2D eigenvalue weighted by Crippen LogP contribution is 2.00. The average Bonchev–Trinajstić information content (AvgIpc) is 2.45. The van der Waals surface area contributed by atoms with Crippen LogP contribution in [0.5, 0.6) is 0 Å². The number of hydrogen-bond donors (Lipinski definition) is 6. The standard InChI is InChI=1S/C12H20N4O6S/c1-6(17)15-7(2-3-10(19)20)12(22)16-8(5-23)11(21)14-4-9(13)18/h7-8,23H,2-5H2,1H3,(H2,13,18)(H,14,21)(H,15,17)(H,16,22)(H,19,20)/t7-,8-/m0/s1. The van der Waals surface area contributed by atoms with E-state index < -0.39 is 48.2 Å².